The van der Waals surface area contributed by atoms with E-state index in [0.29, 0.717) is 11.4 Å². The van der Waals surface area contributed by atoms with E-state index in [1.807, 2.05) is 0 Å². The molecule has 0 radical (unpaired) electrons. The van der Waals surface area contributed by atoms with Crippen LogP contribution >= 0.6 is 11.6 Å². The summed E-state index contributed by atoms with van der Waals surface area (Å²) >= 11 is 5.76. The van der Waals surface area contributed by atoms with E-state index in [1.54, 1.807) is 30.3 Å². The Morgan fingerprint density at radius 1 is 1.33 bits per heavy atom. The Morgan fingerprint density at radius 3 is 2.58 bits per heavy atom. The van der Waals surface area contributed by atoms with Crippen molar-refractivity contribution in [3.05, 3.63) is 40.9 Å². The van der Waals surface area contributed by atoms with Crippen LogP contribution in [0.3, 0.4) is 0 Å². The number of carbonyl (C=O) groups excluding carboxylic acids is 2. The highest BCUT2D eigenvalue weighted by molar-refractivity contribution is 7.91. The fraction of sp³-hybridized carbons (Fsp3) is 0.375. The van der Waals surface area contributed by atoms with Crippen LogP contribution < -0.4 is 0 Å². The maximum atomic E-state index is 12.0. The minimum Gasteiger partial charge on any atom is -0.452 e. The topological polar surface area (TPSA) is 80.8 Å². The summed E-state index contributed by atoms with van der Waals surface area (Å²) in [5, 5.41) is 0.595. The quantitative estimate of drug-likeness (QED) is 0.579. The minimum absolute atomic E-state index is 0.0420. The molecule has 1 saturated heterocycles. The van der Waals surface area contributed by atoms with E-state index >= 15 is 0 Å². The SMILES string of the molecule is CN(C(=O)COC(=O)/C=C/c1ccc(Cl)cc1)[C@@H]1CCS(=O)(=O)C1. The number of hydrogen-bond acceptors (Lipinski definition) is 5. The van der Waals surface area contributed by atoms with Crippen LogP contribution in [0.5, 0.6) is 0 Å². The second-order valence-corrected chi connectivity index (χ2v) is 8.22. The lowest BCUT2D eigenvalue weighted by molar-refractivity contribution is -0.148. The summed E-state index contributed by atoms with van der Waals surface area (Å²) in [5.41, 5.74) is 0.774. The molecule has 1 amide bonds. The Bertz CT molecular complexity index is 742. The molecule has 8 heteroatoms. The number of benzene rings is 1. The molecule has 1 aromatic rings. The average Bonchev–Trinajstić information content (AvgIpc) is 2.91. The minimum atomic E-state index is -3.07. The van der Waals surface area contributed by atoms with Crippen LogP contribution in [0.15, 0.2) is 30.3 Å². The summed E-state index contributed by atoms with van der Waals surface area (Å²) in [7, 11) is -1.55. The van der Waals surface area contributed by atoms with Crippen LogP contribution in [-0.2, 0) is 24.2 Å². The summed E-state index contributed by atoms with van der Waals surface area (Å²) in [6, 6.07) is 6.52. The van der Waals surface area contributed by atoms with Gasteiger partial charge in [0.05, 0.1) is 11.5 Å². The van der Waals surface area contributed by atoms with Gasteiger partial charge in [-0.05, 0) is 30.2 Å². The monoisotopic (exact) mass is 371 g/mol. The number of likely N-dealkylation sites (N-methyl/N-ethyl adjacent to an activating group) is 1. The molecule has 24 heavy (non-hydrogen) atoms. The fourth-order valence-electron chi connectivity index (χ4n) is 2.31. The van der Waals surface area contributed by atoms with Gasteiger partial charge in [-0.3, -0.25) is 4.79 Å². The van der Waals surface area contributed by atoms with Crippen molar-refractivity contribution >= 4 is 39.4 Å². The van der Waals surface area contributed by atoms with E-state index in [-0.39, 0.29) is 17.5 Å². The molecule has 1 aliphatic rings. The highest BCUT2D eigenvalue weighted by atomic mass is 35.5. The Kier molecular flexibility index (Phi) is 6.01. The van der Waals surface area contributed by atoms with Gasteiger partial charge in [-0.1, -0.05) is 23.7 Å². The van der Waals surface area contributed by atoms with E-state index in [0.717, 1.165) is 5.56 Å². The smallest absolute Gasteiger partial charge is 0.331 e. The number of hydrogen-bond donors (Lipinski definition) is 0. The molecule has 1 heterocycles. The molecule has 0 saturated carbocycles. The average molecular weight is 372 g/mol. The number of halogens is 1. The zero-order valence-corrected chi connectivity index (χ0v) is 14.7. The molecule has 2 rings (SSSR count). The molecule has 0 aliphatic carbocycles. The van der Waals surface area contributed by atoms with Crippen molar-refractivity contribution in [3.8, 4) is 0 Å². The fourth-order valence-corrected chi connectivity index (χ4v) is 4.21. The summed E-state index contributed by atoms with van der Waals surface area (Å²) < 4.78 is 27.8. The predicted molar refractivity (Wildman–Crippen MR) is 91.3 cm³/mol. The molecule has 1 fully saturated rings. The van der Waals surface area contributed by atoms with Gasteiger partial charge in [0.25, 0.3) is 5.91 Å². The summed E-state index contributed by atoms with van der Waals surface area (Å²) in [4.78, 5) is 24.9. The molecule has 0 bridgehead atoms. The number of esters is 1. The van der Waals surface area contributed by atoms with Gasteiger partial charge in [-0.15, -0.1) is 0 Å². The third-order valence-corrected chi connectivity index (χ3v) is 5.77. The Labute approximate surface area is 146 Å². The van der Waals surface area contributed by atoms with Crippen molar-refractivity contribution in [1.82, 2.24) is 4.90 Å². The van der Waals surface area contributed by atoms with Crippen molar-refractivity contribution in [2.45, 2.75) is 12.5 Å². The first-order valence-corrected chi connectivity index (χ1v) is 9.53. The lowest BCUT2D eigenvalue weighted by Gasteiger charge is -2.22. The molecule has 0 unspecified atom stereocenters. The lowest BCUT2D eigenvalue weighted by atomic mass is 10.2. The van der Waals surface area contributed by atoms with Gasteiger partial charge < -0.3 is 9.64 Å². The van der Waals surface area contributed by atoms with E-state index in [1.165, 1.54) is 18.0 Å². The zero-order valence-electron chi connectivity index (χ0n) is 13.1. The molecule has 1 atom stereocenters. The Balaban J connectivity index is 1.80. The second kappa shape index (κ2) is 7.81. The molecular formula is C16H18ClNO5S. The molecule has 0 aromatic heterocycles. The van der Waals surface area contributed by atoms with Gasteiger partial charge in [-0.2, -0.15) is 0 Å². The van der Waals surface area contributed by atoms with Gasteiger partial charge in [0.15, 0.2) is 16.4 Å². The second-order valence-electron chi connectivity index (χ2n) is 5.55. The maximum absolute atomic E-state index is 12.0. The van der Waals surface area contributed by atoms with Crippen molar-refractivity contribution in [1.29, 1.82) is 0 Å². The van der Waals surface area contributed by atoms with Gasteiger partial charge in [0.1, 0.15) is 0 Å². The number of carbonyl (C=O) groups is 2. The lowest BCUT2D eigenvalue weighted by Crippen LogP contribution is -2.40. The van der Waals surface area contributed by atoms with Crippen LogP contribution in [0.25, 0.3) is 6.08 Å². The predicted octanol–water partition coefficient (Wildman–Crippen LogP) is 1.54. The molecule has 130 valence electrons. The largest absolute Gasteiger partial charge is 0.452 e. The molecule has 0 spiro atoms. The molecule has 6 nitrogen and oxygen atoms in total. The van der Waals surface area contributed by atoms with E-state index in [2.05, 4.69) is 0 Å². The number of ether oxygens (including phenoxy) is 1. The van der Waals surface area contributed by atoms with Gasteiger partial charge >= 0.3 is 5.97 Å². The summed E-state index contributed by atoms with van der Waals surface area (Å²) in [6.45, 7) is -0.420. The van der Waals surface area contributed by atoms with Crippen LogP contribution in [0.1, 0.15) is 12.0 Å². The van der Waals surface area contributed by atoms with Crippen molar-refractivity contribution < 1.29 is 22.7 Å². The van der Waals surface area contributed by atoms with E-state index in [9.17, 15) is 18.0 Å². The van der Waals surface area contributed by atoms with Gasteiger partial charge in [-0.25, -0.2) is 13.2 Å². The van der Waals surface area contributed by atoms with Gasteiger partial charge in [0, 0.05) is 24.2 Å². The third kappa shape index (κ3) is 5.35. The highest BCUT2D eigenvalue weighted by Gasteiger charge is 2.32. The third-order valence-electron chi connectivity index (χ3n) is 3.77. The first kappa shape index (κ1) is 18.5. The molecule has 0 N–H and O–H groups in total. The van der Waals surface area contributed by atoms with Crippen molar-refractivity contribution in [2.75, 3.05) is 25.2 Å². The molecular weight excluding hydrogens is 354 g/mol. The van der Waals surface area contributed by atoms with Crippen LogP contribution in [0.2, 0.25) is 5.02 Å². The number of amides is 1. The number of nitrogens with zero attached hydrogens (tertiary/aromatic N) is 1. The Hall–Kier alpha value is -1.86. The van der Waals surface area contributed by atoms with Gasteiger partial charge in [0.2, 0.25) is 0 Å². The number of rotatable bonds is 5. The highest BCUT2D eigenvalue weighted by Crippen LogP contribution is 2.16. The van der Waals surface area contributed by atoms with Crippen LogP contribution in [0, 0.1) is 0 Å². The zero-order chi connectivity index (χ0) is 17.7. The van der Waals surface area contributed by atoms with Crippen LogP contribution in [0.4, 0.5) is 0 Å². The summed E-state index contributed by atoms with van der Waals surface area (Å²) in [6.07, 6.45) is 3.18. The normalized spacial score (nSPS) is 19.3. The Morgan fingerprint density at radius 2 is 2.00 bits per heavy atom. The maximum Gasteiger partial charge on any atom is 0.331 e. The van der Waals surface area contributed by atoms with Crippen molar-refractivity contribution in [3.63, 3.8) is 0 Å². The number of sulfone groups is 1. The van der Waals surface area contributed by atoms with E-state index in [4.69, 9.17) is 16.3 Å². The first-order chi connectivity index (χ1) is 11.3. The molecule has 1 aliphatic heterocycles. The van der Waals surface area contributed by atoms with Crippen LogP contribution in [-0.4, -0.2) is 56.4 Å². The standard InChI is InChI=1S/C16H18ClNO5S/c1-18(14-8-9-24(21,22)11-14)15(19)10-23-16(20)7-4-12-2-5-13(17)6-3-12/h2-7,14H,8-11H2,1H3/b7-4+/t14-/m1/s1. The van der Waals surface area contributed by atoms with Crippen molar-refractivity contribution in [2.24, 2.45) is 0 Å². The first-order valence-electron chi connectivity index (χ1n) is 7.33. The van der Waals surface area contributed by atoms with E-state index < -0.39 is 28.3 Å². The summed E-state index contributed by atoms with van der Waals surface area (Å²) in [5.74, 6) is -1.03. The molecule has 1 aromatic carbocycles.